The lowest BCUT2D eigenvalue weighted by molar-refractivity contribution is 0.0680. The summed E-state index contributed by atoms with van der Waals surface area (Å²) in [4.78, 5) is 14.4. The number of hydrogen-bond acceptors (Lipinski definition) is 3. The molecule has 1 saturated carbocycles. The number of anilines is 1. The molecule has 1 aliphatic rings. The van der Waals surface area contributed by atoms with Crippen molar-refractivity contribution < 1.29 is 9.53 Å². The van der Waals surface area contributed by atoms with Gasteiger partial charge in [-0.2, -0.15) is 0 Å². The molecule has 0 aromatic heterocycles. The third-order valence-electron chi connectivity index (χ3n) is 3.30. The largest absolute Gasteiger partial charge is 0.385 e. The van der Waals surface area contributed by atoms with Gasteiger partial charge in [0.15, 0.2) is 0 Å². The van der Waals surface area contributed by atoms with Crippen molar-refractivity contribution in [1.82, 2.24) is 4.90 Å². The molecule has 1 aromatic carbocycles. The molecule has 4 heteroatoms. The SMILES string of the molecule is CCNc1ccc(C(=O)N(CCOC)C2CC2)cc1. The van der Waals surface area contributed by atoms with E-state index in [-0.39, 0.29) is 5.91 Å². The van der Waals surface area contributed by atoms with Gasteiger partial charge in [0.05, 0.1) is 6.61 Å². The second-order valence-corrected chi connectivity index (χ2v) is 4.83. The zero-order valence-corrected chi connectivity index (χ0v) is 11.7. The Morgan fingerprint density at radius 2 is 2.05 bits per heavy atom. The highest BCUT2D eigenvalue weighted by molar-refractivity contribution is 5.95. The predicted molar refractivity (Wildman–Crippen MR) is 76.5 cm³/mol. The van der Waals surface area contributed by atoms with E-state index in [2.05, 4.69) is 12.2 Å². The number of nitrogens with zero attached hydrogens (tertiary/aromatic N) is 1. The quantitative estimate of drug-likeness (QED) is 0.820. The Morgan fingerprint density at radius 3 is 2.58 bits per heavy atom. The van der Waals surface area contributed by atoms with Crippen LogP contribution >= 0.6 is 0 Å². The number of methoxy groups -OCH3 is 1. The molecule has 0 bridgehead atoms. The Kier molecular flexibility index (Phi) is 4.80. The highest BCUT2D eigenvalue weighted by Crippen LogP contribution is 2.28. The fraction of sp³-hybridized carbons (Fsp3) is 0.533. The molecule has 2 rings (SSSR count). The van der Waals surface area contributed by atoms with E-state index in [1.807, 2.05) is 29.2 Å². The van der Waals surface area contributed by atoms with Crippen LogP contribution in [0, 0.1) is 0 Å². The van der Waals surface area contributed by atoms with Gasteiger partial charge in [-0.15, -0.1) is 0 Å². The summed E-state index contributed by atoms with van der Waals surface area (Å²) in [6.07, 6.45) is 2.23. The van der Waals surface area contributed by atoms with Crippen molar-refractivity contribution in [3.05, 3.63) is 29.8 Å². The van der Waals surface area contributed by atoms with Gasteiger partial charge in [-0.3, -0.25) is 4.79 Å². The van der Waals surface area contributed by atoms with E-state index >= 15 is 0 Å². The number of nitrogens with one attached hydrogen (secondary N) is 1. The van der Waals surface area contributed by atoms with E-state index in [9.17, 15) is 4.79 Å². The maximum Gasteiger partial charge on any atom is 0.254 e. The highest BCUT2D eigenvalue weighted by Gasteiger charge is 2.32. The van der Waals surface area contributed by atoms with Crippen LogP contribution in [-0.2, 0) is 4.74 Å². The first-order chi connectivity index (χ1) is 9.26. The van der Waals surface area contributed by atoms with Crippen molar-refractivity contribution in [2.75, 3.05) is 32.1 Å². The molecule has 0 aliphatic heterocycles. The molecule has 1 fully saturated rings. The first-order valence-electron chi connectivity index (χ1n) is 6.90. The molecule has 4 nitrogen and oxygen atoms in total. The molecule has 19 heavy (non-hydrogen) atoms. The lowest BCUT2D eigenvalue weighted by Gasteiger charge is -2.22. The topological polar surface area (TPSA) is 41.6 Å². The second kappa shape index (κ2) is 6.57. The summed E-state index contributed by atoms with van der Waals surface area (Å²) in [7, 11) is 1.67. The monoisotopic (exact) mass is 262 g/mol. The van der Waals surface area contributed by atoms with Crippen LogP contribution in [0.4, 0.5) is 5.69 Å². The van der Waals surface area contributed by atoms with E-state index in [0.717, 1.165) is 30.6 Å². The average Bonchev–Trinajstić information content (AvgIpc) is 3.25. The zero-order valence-electron chi connectivity index (χ0n) is 11.7. The van der Waals surface area contributed by atoms with Crippen LogP contribution in [-0.4, -0.2) is 43.7 Å². The molecular weight excluding hydrogens is 240 g/mol. The van der Waals surface area contributed by atoms with Crippen molar-refractivity contribution in [2.24, 2.45) is 0 Å². The van der Waals surface area contributed by atoms with Crippen LogP contribution in [0.5, 0.6) is 0 Å². The summed E-state index contributed by atoms with van der Waals surface area (Å²) in [5.74, 6) is 0.114. The fourth-order valence-corrected chi connectivity index (χ4v) is 2.13. The minimum atomic E-state index is 0.114. The summed E-state index contributed by atoms with van der Waals surface area (Å²) in [6.45, 7) is 4.21. The van der Waals surface area contributed by atoms with Crippen LogP contribution in [0.25, 0.3) is 0 Å². The number of ether oxygens (including phenoxy) is 1. The zero-order chi connectivity index (χ0) is 13.7. The standard InChI is InChI=1S/C15H22N2O2/c1-3-16-13-6-4-12(5-7-13)15(18)17(10-11-19-2)14-8-9-14/h4-7,14,16H,3,8-11H2,1-2H3. The highest BCUT2D eigenvalue weighted by atomic mass is 16.5. The smallest absolute Gasteiger partial charge is 0.254 e. The maximum atomic E-state index is 12.5. The molecular formula is C15H22N2O2. The number of rotatable bonds is 7. The van der Waals surface area contributed by atoms with Crippen LogP contribution in [0.15, 0.2) is 24.3 Å². The number of carbonyl (C=O) groups is 1. The summed E-state index contributed by atoms with van der Waals surface area (Å²) in [5, 5.41) is 3.23. The summed E-state index contributed by atoms with van der Waals surface area (Å²) in [5.41, 5.74) is 1.80. The first kappa shape index (κ1) is 13.9. The van der Waals surface area contributed by atoms with Crippen LogP contribution in [0.3, 0.4) is 0 Å². The molecule has 0 saturated heterocycles. The van der Waals surface area contributed by atoms with Gasteiger partial charge in [0.1, 0.15) is 0 Å². The first-order valence-corrected chi connectivity index (χ1v) is 6.90. The molecule has 1 aromatic rings. The molecule has 0 radical (unpaired) electrons. The fourth-order valence-electron chi connectivity index (χ4n) is 2.13. The third-order valence-corrected chi connectivity index (χ3v) is 3.30. The van der Waals surface area contributed by atoms with E-state index < -0.39 is 0 Å². The van der Waals surface area contributed by atoms with Gasteiger partial charge in [-0.25, -0.2) is 0 Å². The number of benzene rings is 1. The van der Waals surface area contributed by atoms with E-state index in [1.54, 1.807) is 7.11 Å². The van der Waals surface area contributed by atoms with Gasteiger partial charge >= 0.3 is 0 Å². The van der Waals surface area contributed by atoms with Gasteiger partial charge in [0.2, 0.25) is 0 Å². The molecule has 1 amide bonds. The van der Waals surface area contributed by atoms with Gasteiger partial charge in [0.25, 0.3) is 5.91 Å². The average molecular weight is 262 g/mol. The Morgan fingerprint density at radius 1 is 1.37 bits per heavy atom. The maximum absolute atomic E-state index is 12.5. The predicted octanol–water partition coefficient (Wildman–Crippen LogP) is 2.37. The normalized spacial score (nSPS) is 14.2. The molecule has 0 heterocycles. The summed E-state index contributed by atoms with van der Waals surface area (Å²) in [6, 6.07) is 8.11. The molecule has 0 spiro atoms. The Hall–Kier alpha value is -1.55. The summed E-state index contributed by atoms with van der Waals surface area (Å²) >= 11 is 0. The van der Waals surface area contributed by atoms with Crippen molar-refractivity contribution in [1.29, 1.82) is 0 Å². The van der Waals surface area contributed by atoms with Crippen LogP contribution in [0.1, 0.15) is 30.1 Å². The van der Waals surface area contributed by atoms with E-state index in [1.165, 1.54) is 0 Å². The van der Waals surface area contributed by atoms with Gasteiger partial charge in [-0.1, -0.05) is 0 Å². The molecule has 0 unspecified atom stereocenters. The van der Waals surface area contributed by atoms with Crippen molar-refractivity contribution in [3.8, 4) is 0 Å². The molecule has 104 valence electrons. The second-order valence-electron chi connectivity index (χ2n) is 4.83. The Balaban J connectivity index is 2.03. The van der Waals surface area contributed by atoms with Crippen molar-refractivity contribution in [2.45, 2.75) is 25.8 Å². The van der Waals surface area contributed by atoms with E-state index in [4.69, 9.17) is 4.74 Å². The number of amides is 1. The minimum absolute atomic E-state index is 0.114. The molecule has 1 aliphatic carbocycles. The Labute approximate surface area is 114 Å². The third kappa shape index (κ3) is 3.70. The summed E-state index contributed by atoms with van der Waals surface area (Å²) < 4.78 is 5.08. The van der Waals surface area contributed by atoms with Crippen LogP contribution < -0.4 is 5.32 Å². The number of hydrogen-bond donors (Lipinski definition) is 1. The van der Waals surface area contributed by atoms with Crippen molar-refractivity contribution in [3.63, 3.8) is 0 Å². The van der Waals surface area contributed by atoms with Gasteiger partial charge in [-0.05, 0) is 44.0 Å². The lowest BCUT2D eigenvalue weighted by Crippen LogP contribution is -2.35. The molecule has 0 atom stereocenters. The lowest BCUT2D eigenvalue weighted by atomic mass is 10.1. The van der Waals surface area contributed by atoms with E-state index in [0.29, 0.717) is 19.2 Å². The minimum Gasteiger partial charge on any atom is -0.385 e. The number of carbonyl (C=O) groups excluding carboxylic acids is 1. The van der Waals surface area contributed by atoms with Gasteiger partial charge < -0.3 is 15.0 Å². The van der Waals surface area contributed by atoms with Crippen molar-refractivity contribution >= 4 is 11.6 Å². The Bertz CT molecular complexity index is 413. The van der Waals surface area contributed by atoms with Gasteiger partial charge in [0, 0.05) is 37.5 Å². The molecule has 1 N–H and O–H groups in total. The van der Waals surface area contributed by atoms with Crippen LogP contribution in [0.2, 0.25) is 0 Å².